The third-order valence-corrected chi connectivity index (χ3v) is 6.40. The van der Waals surface area contributed by atoms with Crippen molar-refractivity contribution in [1.29, 1.82) is 0 Å². The van der Waals surface area contributed by atoms with Crippen LogP contribution in [-0.2, 0) is 16.6 Å². The lowest BCUT2D eigenvalue weighted by Crippen LogP contribution is -2.14. The Morgan fingerprint density at radius 3 is 2.41 bits per heavy atom. The number of aryl methyl sites for hydroxylation is 3. The normalized spacial score (nSPS) is 11.6. The number of sulfonamides is 1. The van der Waals surface area contributed by atoms with E-state index in [2.05, 4.69) is 9.82 Å². The summed E-state index contributed by atoms with van der Waals surface area (Å²) in [5, 5.41) is 5.14. The van der Waals surface area contributed by atoms with Gasteiger partial charge in [-0.05, 0) is 62.6 Å². The molecule has 7 heteroatoms. The van der Waals surface area contributed by atoms with Gasteiger partial charge in [-0.1, -0.05) is 35.9 Å². The predicted octanol–water partition coefficient (Wildman–Crippen LogP) is 4.62. The van der Waals surface area contributed by atoms with E-state index in [1.54, 1.807) is 23.7 Å². The van der Waals surface area contributed by atoms with Crippen LogP contribution < -0.4 is 4.72 Å². The molecule has 1 heterocycles. The van der Waals surface area contributed by atoms with Crippen molar-refractivity contribution >= 4 is 27.3 Å². The Kier molecular flexibility index (Phi) is 5.31. The molecule has 1 aromatic heterocycles. The molecule has 0 aliphatic heterocycles. The van der Waals surface area contributed by atoms with E-state index >= 15 is 0 Å². The highest BCUT2D eigenvalue weighted by atomic mass is 35.5. The minimum atomic E-state index is -3.69. The van der Waals surface area contributed by atoms with Gasteiger partial charge in [-0.3, -0.25) is 9.40 Å². The van der Waals surface area contributed by atoms with Gasteiger partial charge in [0.15, 0.2) is 0 Å². The first-order valence-electron chi connectivity index (χ1n) is 8.56. The van der Waals surface area contributed by atoms with Crippen molar-refractivity contribution in [2.45, 2.75) is 39.1 Å². The van der Waals surface area contributed by atoms with Gasteiger partial charge in [0, 0.05) is 5.02 Å². The molecule has 0 saturated carbocycles. The quantitative estimate of drug-likeness (QED) is 0.676. The van der Waals surface area contributed by atoms with E-state index in [-0.39, 0.29) is 4.90 Å². The van der Waals surface area contributed by atoms with Gasteiger partial charge in [-0.15, -0.1) is 0 Å². The van der Waals surface area contributed by atoms with Crippen LogP contribution in [0.5, 0.6) is 0 Å². The van der Waals surface area contributed by atoms with E-state index in [0.29, 0.717) is 22.9 Å². The summed E-state index contributed by atoms with van der Waals surface area (Å²) < 4.78 is 30.1. The zero-order valence-electron chi connectivity index (χ0n) is 15.7. The maximum atomic E-state index is 12.8. The number of halogens is 1. The van der Waals surface area contributed by atoms with Crippen molar-refractivity contribution in [2.24, 2.45) is 0 Å². The first-order valence-corrected chi connectivity index (χ1v) is 10.4. The third kappa shape index (κ3) is 4.01. The van der Waals surface area contributed by atoms with Crippen LogP contribution >= 0.6 is 11.6 Å². The number of nitrogens with one attached hydrogen (secondary N) is 1. The van der Waals surface area contributed by atoms with Crippen molar-refractivity contribution < 1.29 is 8.42 Å². The monoisotopic (exact) mass is 403 g/mol. The summed E-state index contributed by atoms with van der Waals surface area (Å²) in [5.41, 5.74) is 4.76. The second-order valence-corrected chi connectivity index (χ2v) is 8.74. The summed E-state index contributed by atoms with van der Waals surface area (Å²) in [6.07, 6.45) is 0. The Morgan fingerprint density at radius 1 is 1.04 bits per heavy atom. The van der Waals surface area contributed by atoms with Crippen LogP contribution in [-0.4, -0.2) is 18.2 Å². The predicted molar refractivity (Wildman–Crippen MR) is 109 cm³/mol. The Labute approximate surface area is 165 Å². The van der Waals surface area contributed by atoms with Crippen LogP contribution in [0, 0.1) is 27.7 Å². The highest BCUT2D eigenvalue weighted by Gasteiger charge is 2.20. The minimum absolute atomic E-state index is 0.239. The fourth-order valence-electron chi connectivity index (χ4n) is 2.86. The molecule has 0 spiro atoms. The molecule has 142 valence electrons. The second kappa shape index (κ2) is 7.37. The molecule has 0 amide bonds. The van der Waals surface area contributed by atoms with Gasteiger partial charge >= 0.3 is 0 Å². The molecule has 0 atom stereocenters. The van der Waals surface area contributed by atoms with Crippen LogP contribution in [0.2, 0.25) is 5.02 Å². The first kappa shape index (κ1) is 19.5. The summed E-state index contributed by atoms with van der Waals surface area (Å²) in [6.45, 7) is 7.94. The Bertz CT molecular complexity index is 1100. The highest BCUT2D eigenvalue weighted by molar-refractivity contribution is 7.92. The molecule has 1 N–H and O–H groups in total. The van der Waals surface area contributed by atoms with Crippen molar-refractivity contribution in [3.8, 4) is 0 Å². The van der Waals surface area contributed by atoms with Crippen LogP contribution in [0.4, 0.5) is 5.69 Å². The number of anilines is 1. The average Bonchev–Trinajstić information content (AvgIpc) is 2.86. The van der Waals surface area contributed by atoms with E-state index in [9.17, 15) is 8.42 Å². The van der Waals surface area contributed by atoms with Gasteiger partial charge in [-0.2, -0.15) is 5.10 Å². The zero-order valence-corrected chi connectivity index (χ0v) is 17.3. The molecule has 0 saturated heterocycles. The van der Waals surface area contributed by atoms with Crippen molar-refractivity contribution in [3.63, 3.8) is 0 Å². The topological polar surface area (TPSA) is 64.0 Å². The summed E-state index contributed by atoms with van der Waals surface area (Å²) in [6, 6.07) is 12.6. The molecule has 0 radical (unpaired) electrons. The fraction of sp³-hybridized carbons (Fsp3) is 0.250. The summed E-state index contributed by atoms with van der Waals surface area (Å²) in [5.74, 6) is 0. The molecular formula is C20H22ClN3O2S. The van der Waals surface area contributed by atoms with Gasteiger partial charge in [0.25, 0.3) is 10.0 Å². The molecule has 0 bridgehead atoms. The zero-order chi connectivity index (χ0) is 19.8. The lowest BCUT2D eigenvalue weighted by atomic mass is 10.1. The Balaban J connectivity index is 1.92. The third-order valence-electron chi connectivity index (χ3n) is 4.68. The number of benzene rings is 2. The highest BCUT2D eigenvalue weighted by Crippen LogP contribution is 2.26. The molecule has 2 aromatic carbocycles. The van der Waals surface area contributed by atoms with Gasteiger partial charge in [0.05, 0.1) is 28.5 Å². The molecule has 0 aliphatic rings. The molecular weight excluding hydrogens is 382 g/mol. The molecule has 5 nitrogen and oxygen atoms in total. The average molecular weight is 404 g/mol. The van der Waals surface area contributed by atoms with Gasteiger partial charge in [0.1, 0.15) is 0 Å². The van der Waals surface area contributed by atoms with Gasteiger partial charge in [-0.25, -0.2) is 8.42 Å². The molecule has 0 aliphatic carbocycles. The molecule has 3 rings (SSSR count). The van der Waals surface area contributed by atoms with E-state index in [0.717, 1.165) is 22.4 Å². The number of nitrogens with zero attached hydrogens (tertiary/aromatic N) is 2. The lowest BCUT2D eigenvalue weighted by molar-refractivity contribution is 0.601. The number of aromatic nitrogens is 2. The molecule has 0 fully saturated rings. The number of hydrogen-bond acceptors (Lipinski definition) is 3. The molecule has 3 aromatic rings. The van der Waals surface area contributed by atoms with Crippen LogP contribution in [0.15, 0.2) is 47.4 Å². The van der Waals surface area contributed by atoms with E-state index in [1.165, 1.54) is 0 Å². The van der Waals surface area contributed by atoms with E-state index < -0.39 is 10.0 Å². The van der Waals surface area contributed by atoms with E-state index in [4.69, 9.17) is 11.6 Å². The number of hydrogen-bond donors (Lipinski definition) is 1. The first-order chi connectivity index (χ1) is 12.7. The largest absolute Gasteiger partial charge is 0.276 e. The van der Waals surface area contributed by atoms with Gasteiger partial charge in [0.2, 0.25) is 0 Å². The maximum absolute atomic E-state index is 12.8. The lowest BCUT2D eigenvalue weighted by Gasteiger charge is -2.11. The second-order valence-electron chi connectivity index (χ2n) is 6.65. The van der Waals surface area contributed by atoms with Crippen molar-refractivity contribution in [1.82, 2.24) is 9.78 Å². The number of rotatable bonds is 5. The maximum Gasteiger partial charge on any atom is 0.262 e. The fourth-order valence-corrected chi connectivity index (χ4v) is 4.32. The van der Waals surface area contributed by atoms with Crippen molar-refractivity contribution in [2.75, 3.05) is 4.72 Å². The SMILES string of the molecule is Cc1ccc(S(=O)(=O)Nc2c(C)nn(Cc3ccccc3Cl)c2C)cc1C. The van der Waals surface area contributed by atoms with Gasteiger partial charge < -0.3 is 0 Å². The Hall–Kier alpha value is -2.31. The Morgan fingerprint density at radius 2 is 1.74 bits per heavy atom. The summed E-state index contributed by atoms with van der Waals surface area (Å²) in [7, 11) is -3.69. The van der Waals surface area contributed by atoms with Crippen LogP contribution in [0.25, 0.3) is 0 Å². The van der Waals surface area contributed by atoms with E-state index in [1.807, 2.05) is 51.1 Å². The molecule has 0 unspecified atom stereocenters. The van der Waals surface area contributed by atoms with Crippen molar-refractivity contribution in [3.05, 3.63) is 75.6 Å². The van der Waals surface area contributed by atoms with Crippen LogP contribution in [0.1, 0.15) is 28.1 Å². The molecule has 27 heavy (non-hydrogen) atoms. The standard InChI is InChI=1S/C20H22ClN3O2S/c1-13-9-10-18(11-14(13)2)27(25,26)23-20-15(3)22-24(16(20)4)12-17-7-5-6-8-19(17)21/h5-11,23H,12H2,1-4H3. The van der Waals surface area contributed by atoms with Crippen LogP contribution in [0.3, 0.4) is 0 Å². The minimum Gasteiger partial charge on any atom is -0.276 e. The summed E-state index contributed by atoms with van der Waals surface area (Å²) in [4.78, 5) is 0.239. The smallest absolute Gasteiger partial charge is 0.262 e. The summed E-state index contributed by atoms with van der Waals surface area (Å²) >= 11 is 6.23.